The van der Waals surface area contributed by atoms with Gasteiger partial charge in [-0.3, -0.25) is 14.4 Å². The molecule has 3 aliphatic rings. The average Bonchev–Trinajstić information content (AvgIpc) is 3.08. The molecule has 138 valence electrons. The number of hydrogen-bond acceptors (Lipinski definition) is 4. The summed E-state index contributed by atoms with van der Waals surface area (Å²) in [5.41, 5.74) is 3.39. The number of likely N-dealkylation sites (tertiary alicyclic amines) is 1. The van der Waals surface area contributed by atoms with Crippen LogP contribution in [0.1, 0.15) is 29.5 Å². The highest BCUT2D eigenvalue weighted by molar-refractivity contribution is 6.35. The van der Waals surface area contributed by atoms with Crippen molar-refractivity contribution in [3.05, 3.63) is 34.9 Å². The first-order valence-corrected chi connectivity index (χ1v) is 9.15. The van der Waals surface area contributed by atoms with Gasteiger partial charge in [0.25, 0.3) is 0 Å². The van der Waals surface area contributed by atoms with Gasteiger partial charge in [-0.25, -0.2) is 0 Å². The lowest BCUT2D eigenvalue weighted by Gasteiger charge is -2.24. The van der Waals surface area contributed by atoms with Gasteiger partial charge in [-0.15, -0.1) is 0 Å². The van der Waals surface area contributed by atoms with Crippen molar-refractivity contribution < 1.29 is 19.1 Å². The molecular formula is C19H23N3O4. The van der Waals surface area contributed by atoms with Crippen LogP contribution in [0.2, 0.25) is 0 Å². The molecule has 0 aliphatic carbocycles. The first-order chi connectivity index (χ1) is 12.6. The summed E-state index contributed by atoms with van der Waals surface area (Å²) in [4.78, 5) is 37.8. The van der Waals surface area contributed by atoms with E-state index in [-0.39, 0.29) is 17.9 Å². The number of carbonyl (C=O) groups excluding carboxylic acids is 3. The smallest absolute Gasteiger partial charge is 0.311 e. The van der Waals surface area contributed by atoms with E-state index in [1.807, 2.05) is 18.2 Å². The molecule has 1 aromatic rings. The molecule has 0 saturated carbocycles. The molecule has 7 nitrogen and oxygen atoms in total. The molecule has 3 aliphatic heterocycles. The molecular weight excluding hydrogens is 334 g/mol. The van der Waals surface area contributed by atoms with Crippen LogP contribution in [0.15, 0.2) is 18.2 Å². The fourth-order valence-corrected chi connectivity index (χ4v) is 4.15. The molecule has 2 saturated heterocycles. The Morgan fingerprint density at radius 1 is 1.27 bits per heavy atom. The summed E-state index contributed by atoms with van der Waals surface area (Å²) in [5, 5.41) is 5.68. The van der Waals surface area contributed by atoms with Crippen LogP contribution in [0.4, 0.5) is 0 Å². The molecule has 2 N–H and O–H groups in total. The number of benzene rings is 1. The third-order valence-electron chi connectivity index (χ3n) is 5.57. The van der Waals surface area contributed by atoms with Crippen LogP contribution in [0.25, 0.3) is 0 Å². The molecule has 4 rings (SSSR count). The summed E-state index contributed by atoms with van der Waals surface area (Å²) in [6.07, 6.45) is 2.10. The van der Waals surface area contributed by atoms with Crippen molar-refractivity contribution >= 4 is 17.7 Å². The molecule has 0 radical (unpaired) electrons. The van der Waals surface area contributed by atoms with Crippen LogP contribution in [0.3, 0.4) is 0 Å². The second kappa shape index (κ2) is 7.07. The van der Waals surface area contributed by atoms with Crippen LogP contribution in [0, 0.1) is 5.92 Å². The van der Waals surface area contributed by atoms with Crippen molar-refractivity contribution in [2.45, 2.75) is 38.5 Å². The van der Waals surface area contributed by atoms with Gasteiger partial charge in [0.1, 0.15) is 0 Å². The zero-order valence-electron chi connectivity index (χ0n) is 14.6. The molecule has 26 heavy (non-hydrogen) atoms. The quantitative estimate of drug-likeness (QED) is 0.736. The summed E-state index contributed by atoms with van der Waals surface area (Å²) < 4.78 is 5.46. The number of ether oxygens (including phenoxy) is 1. The molecule has 0 spiro atoms. The van der Waals surface area contributed by atoms with Gasteiger partial charge in [0.15, 0.2) is 0 Å². The fraction of sp³-hybridized carbons (Fsp3) is 0.526. The average molecular weight is 357 g/mol. The van der Waals surface area contributed by atoms with E-state index in [4.69, 9.17) is 4.74 Å². The normalized spacial score (nSPS) is 24.5. The Morgan fingerprint density at radius 2 is 2.15 bits per heavy atom. The summed E-state index contributed by atoms with van der Waals surface area (Å²) in [5.74, 6) is -0.810. The van der Waals surface area contributed by atoms with Crippen LogP contribution in [-0.4, -0.2) is 48.4 Å². The van der Waals surface area contributed by atoms with E-state index >= 15 is 0 Å². The number of nitrogens with zero attached hydrogens (tertiary/aromatic N) is 1. The Balaban J connectivity index is 1.35. The van der Waals surface area contributed by atoms with Crippen molar-refractivity contribution in [1.29, 1.82) is 0 Å². The molecule has 0 bridgehead atoms. The highest BCUT2D eigenvalue weighted by Crippen LogP contribution is 2.25. The van der Waals surface area contributed by atoms with Gasteiger partial charge in [-0.1, -0.05) is 18.2 Å². The van der Waals surface area contributed by atoms with Gasteiger partial charge < -0.3 is 20.3 Å². The lowest BCUT2D eigenvalue weighted by atomic mass is 9.94. The Morgan fingerprint density at radius 3 is 3.04 bits per heavy atom. The van der Waals surface area contributed by atoms with E-state index in [1.165, 1.54) is 5.56 Å². The molecule has 7 heteroatoms. The Bertz CT molecular complexity index is 748. The van der Waals surface area contributed by atoms with Crippen molar-refractivity contribution in [1.82, 2.24) is 15.5 Å². The SMILES string of the molecule is O=C1CCC2CN(C(=O)C(=O)NCc3cccc4c3CCOC4)CC2N1. The highest BCUT2D eigenvalue weighted by Gasteiger charge is 2.40. The molecule has 1 aromatic carbocycles. The molecule has 3 amide bonds. The minimum atomic E-state index is -0.584. The minimum absolute atomic E-state index is 0.0193. The second-order valence-corrected chi connectivity index (χ2v) is 7.22. The Kier molecular flexibility index (Phi) is 4.63. The van der Waals surface area contributed by atoms with E-state index in [2.05, 4.69) is 10.6 Å². The van der Waals surface area contributed by atoms with Gasteiger partial charge in [-0.05, 0) is 35.4 Å². The van der Waals surface area contributed by atoms with Crippen molar-refractivity contribution in [3.8, 4) is 0 Å². The monoisotopic (exact) mass is 357 g/mol. The number of hydrogen-bond donors (Lipinski definition) is 2. The number of fused-ring (bicyclic) bond motifs is 2. The molecule has 2 unspecified atom stereocenters. The van der Waals surface area contributed by atoms with E-state index in [0.717, 1.165) is 24.0 Å². The third-order valence-corrected chi connectivity index (χ3v) is 5.57. The van der Waals surface area contributed by atoms with Crippen molar-refractivity contribution in [2.75, 3.05) is 19.7 Å². The first kappa shape index (κ1) is 17.0. The second-order valence-electron chi connectivity index (χ2n) is 7.22. The van der Waals surface area contributed by atoms with Gasteiger partial charge in [-0.2, -0.15) is 0 Å². The Hall–Kier alpha value is -2.41. The predicted molar refractivity (Wildman–Crippen MR) is 92.9 cm³/mol. The lowest BCUT2D eigenvalue weighted by Crippen LogP contribution is -2.45. The predicted octanol–water partition coefficient (Wildman–Crippen LogP) is 0.113. The van der Waals surface area contributed by atoms with E-state index in [0.29, 0.717) is 39.3 Å². The fourth-order valence-electron chi connectivity index (χ4n) is 4.15. The number of piperidine rings is 1. The summed E-state index contributed by atoms with van der Waals surface area (Å²) in [6.45, 7) is 2.57. The molecule has 2 atom stereocenters. The maximum absolute atomic E-state index is 12.5. The van der Waals surface area contributed by atoms with Crippen molar-refractivity contribution in [2.24, 2.45) is 5.92 Å². The molecule has 3 heterocycles. The van der Waals surface area contributed by atoms with Crippen LogP contribution in [0.5, 0.6) is 0 Å². The summed E-state index contributed by atoms with van der Waals surface area (Å²) in [6, 6.07) is 5.94. The van der Waals surface area contributed by atoms with Gasteiger partial charge in [0.2, 0.25) is 5.91 Å². The van der Waals surface area contributed by atoms with E-state index < -0.39 is 11.8 Å². The number of carbonyl (C=O) groups is 3. The number of amides is 3. The van der Waals surface area contributed by atoms with Gasteiger partial charge in [0.05, 0.1) is 19.3 Å². The first-order valence-electron chi connectivity index (χ1n) is 9.15. The largest absolute Gasteiger partial charge is 0.376 e. The molecule has 0 aromatic heterocycles. The van der Waals surface area contributed by atoms with Crippen LogP contribution in [-0.2, 0) is 38.7 Å². The maximum Gasteiger partial charge on any atom is 0.311 e. The van der Waals surface area contributed by atoms with Crippen LogP contribution < -0.4 is 10.6 Å². The van der Waals surface area contributed by atoms with E-state index in [1.54, 1.807) is 4.90 Å². The topological polar surface area (TPSA) is 87.7 Å². The van der Waals surface area contributed by atoms with Crippen molar-refractivity contribution in [3.63, 3.8) is 0 Å². The minimum Gasteiger partial charge on any atom is -0.376 e. The summed E-state index contributed by atoms with van der Waals surface area (Å²) in [7, 11) is 0. The molecule has 2 fully saturated rings. The number of nitrogens with one attached hydrogen (secondary N) is 2. The lowest BCUT2D eigenvalue weighted by molar-refractivity contribution is -0.145. The maximum atomic E-state index is 12.5. The van der Waals surface area contributed by atoms with Crippen LogP contribution >= 0.6 is 0 Å². The third kappa shape index (κ3) is 3.31. The van der Waals surface area contributed by atoms with Gasteiger partial charge in [0, 0.05) is 26.1 Å². The van der Waals surface area contributed by atoms with Gasteiger partial charge >= 0.3 is 11.8 Å². The standard InChI is InChI=1S/C19H23N3O4/c23-17-5-4-13-9-22(10-16(13)21-17)19(25)18(24)20-8-12-2-1-3-14-11-26-7-6-15(12)14/h1-3,13,16H,4-11H2,(H,20,24)(H,21,23). The van der Waals surface area contributed by atoms with E-state index in [9.17, 15) is 14.4 Å². The summed E-state index contributed by atoms with van der Waals surface area (Å²) >= 11 is 0. The zero-order valence-corrected chi connectivity index (χ0v) is 14.6. The Labute approximate surface area is 152 Å². The number of rotatable bonds is 2. The highest BCUT2D eigenvalue weighted by atomic mass is 16.5. The zero-order chi connectivity index (χ0) is 18.1.